The first kappa shape index (κ1) is 10.3. The summed E-state index contributed by atoms with van der Waals surface area (Å²) in [6, 6.07) is 9.95. The summed E-state index contributed by atoms with van der Waals surface area (Å²) in [6.07, 6.45) is 3.99. The highest BCUT2D eigenvalue weighted by Gasteiger charge is 1.96. The molecule has 0 unspecified atom stereocenters. The molecule has 0 aromatic heterocycles. The summed E-state index contributed by atoms with van der Waals surface area (Å²) in [7, 11) is 0. The van der Waals surface area contributed by atoms with Gasteiger partial charge in [-0.15, -0.1) is 0 Å². The summed E-state index contributed by atoms with van der Waals surface area (Å²) >= 11 is 0. The van der Waals surface area contributed by atoms with Crippen LogP contribution in [0.25, 0.3) is 6.08 Å². The van der Waals surface area contributed by atoms with Gasteiger partial charge in [-0.1, -0.05) is 24.3 Å². The average Bonchev–Trinajstić information content (AvgIpc) is 2.21. The second-order valence-corrected chi connectivity index (χ2v) is 2.79. The first-order chi connectivity index (χ1) is 6.88. The first-order valence-electron chi connectivity index (χ1n) is 4.61. The number of rotatable bonds is 4. The number of ether oxygens (including phenoxy) is 1. The van der Waals surface area contributed by atoms with Crippen LogP contribution in [0.1, 0.15) is 18.1 Å². The Bertz CT molecular complexity index is 350. The molecule has 2 heteroatoms. The van der Waals surface area contributed by atoms with Gasteiger partial charge in [-0.3, -0.25) is 0 Å². The summed E-state index contributed by atoms with van der Waals surface area (Å²) in [5.41, 5.74) is 2.08. The molecule has 1 aromatic rings. The van der Waals surface area contributed by atoms with Gasteiger partial charge in [0.25, 0.3) is 0 Å². The van der Waals surface area contributed by atoms with E-state index in [1.165, 1.54) is 0 Å². The zero-order valence-electron chi connectivity index (χ0n) is 8.23. The summed E-state index contributed by atoms with van der Waals surface area (Å²) in [5, 5.41) is 8.61. The third-order valence-corrected chi connectivity index (χ3v) is 1.84. The molecule has 0 atom stereocenters. The predicted octanol–water partition coefficient (Wildman–Crippen LogP) is 2.76. The highest BCUT2D eigenvalue weighted by atomic mass is 16.5. The number of nitriles is 1. The maximum Gasteiger partial charge on any atom is 0.0845 e. The SMILES string of the molecule is CCOC=Cc1ccccc1CC#N. The molecule has 72 valence electrons. The van der Waals surface area contributed by atoms with Crippen LogP contribution in [-0.2, 0) is 11.2 Å². The van der Waals surface area contributed by atoms with Gasteiger partial charge in [0, 0.05) is 0 Å². The molecule has 0 saturated carbocycles. The van der Waals surface area contributed by atoms with Crippen molar-refractivity contribution in [2.75, 3.05) is 6.61 Å². The van der Waals surface area contributed by atoms with Gasteiger partial charge >= 0.3 is 0 Å². The molecule has 2 nitrogen and oxygen atoms in total. The fourth-order valence-electron chi connectivity index (χ4n) is 1.16. The largest absolute Gasteiger partial charge is 0.501 e. The second kappa shape index (κ2) is 5.82. The van der Waals surface area contributed by atoms with Gasteiger partial charge in [-0.25, -0.2) is 0 Å². The van der Waals surface area contributed by atoms with E-state index in [-0.39, 0.29) is 0 Å². The Kier molecular flexibility index (Phi) is 4.30. The van der Waals surface area contributed by atoms with Crippen LogP contribution in [0.5, 0.6) is 0 Å². The lowest BCUT2D eigenvalue weighted by molar-refractivity contribution is 0.272. The van der Waals surface area contributed by atoms with Crippen molar-refractivity contribution in [3.8, 4) is 6.07 Å². The normalized spacial score (nSPS) is 10.0. The topological polar surface area (TPSA) is 33.0 Å². The Morgan fingerprint density at radius 2 is 2.21 bits per heavy atom. The zero-order chi connectivity index (χ0) is 10.2. The highest BCUT2D eigenvalue weighted by Crippen LogP contribution is 2.10. The van der Waals surface area contributed by atoms with Crippen molar-refractivity contribution in [1.82, 2.24) is 0 Å². The first-order valence-corrected chi connectivity index (χ1v) is 4.61. The lowest BCUT2D eigenvalue weighted by Gasteiger charge is -2.00. The molecule has 0 heterocycles. The van der Waals surface area contributed by atoms with E-state index >= 15 is 0 Å². The maximum absolute atomic E-state index is 8.61. The van der Waals surface area contributed by atoms with E-state index in [9.17, 15) is 0 Å². The molecule has 0 aliphatic carbocycles. The van der Waals surface area contributed by atoms with E-state index in [0.29, 0.717) is 13.0 Å². The lowest BCUT2D eigenvalue weighted by atomic mass is 10.1. The Morgan fingerprint density at radius 1 is 1.43 bits per heavy atom. The standard InChI is InChI=1S/C12H13NO/c1-2-14-10-8-12-6-4-3-5-11(12)7-9-13/h3-6,8,10H,2,7H2,1H3. The molecular weight excluding hydrogens is 174 g/mol. The summed E-state index contributed by atoms with van der Waals surface area (Å²) in [4.78, 5) is 0. The second-order valence-electron chi connectivity index (χ2n) is 2.79. The maximum atomic E-state index is 8.61. The van der Waals surface area contributed by atoms with Crippen LogP contribution in [-0.4, -0.2) is 6.61 Å². The predicted molar refractivity (Wildman–Crippen MR) is 56.4 cm³/mol. The monoisotopic (exact) mass is 187 g/mol. The van der Waals surface area contributed by atoms with Crippen molar-refractivity contribution in [3.63, 3.8) is 0 Å². The molecule has 0 radical (unpaired) electrons. The third-order valence-electron chi connectivity index (χ3n) is 1.84. The van der Waals surface area contributed by atoms with Gasteiger partial charge in [-0.05, 0) is 24.1 Å². The Labute approximate surface area is 84.4 Å². The number of benzene rings is 1. The van der Waals surface area contributed by atoms with Gasteiger partial charge in [0.2, 0.25) is 0 Å². The zero-order valence-corrected chi connectivity index (χ0v) is 8.23. The molecule has 0 spiro atoms. The quantitative estimate of drug-likeness (QED) is 0.679. The number of hydrogen-bond donors (Lipinski definition) is 0. The van der Waals surface area contributed by atoms with Gasteiger partial charge in [0.05, 0.1) is 25.4 Å². The van der Waals surface area contributed by atoms with Gasteiger partial charge in [-0.2, -0.15) is 5.26 Å². The van der Waals surface area contributed by atoms with Gasteiger partial charge < -0.3 is 4.74 Å². The van der Waals surface area contributed by atoms with Crippen LogP contribution in [0.2, 0.25) is 0 Å². The molecular formula is C12H13NO. The van der Waals surface area contributed by atoms with Crippen molar-refractivity contribution in [2.45, 2.75) is 13.3 Å². The molecule has 0 bridgehead atoms. The van der Waals surface area contributed by atoms with E-state index in [0.717, 1.165) is 11.1 Å². The van der Waals surface area contributed by atoms with Crippen LogP contribution < -0.4 is 0 Å². The molecule has 0 aliphatic rings. The minimum absolute atomic E-state index is 0.437. The van der Waals surface area contributed by atoms with Crippen LogP contribution in [0.15, 0.2) is 30.5 Å². The molecule has 0 fully saturated rings. The van der Waals surface area contributed by atoms with E-state index in [1.54, 1.807) is 6.26 Å². The Morgan fingerprint density at radius 3 is 2.93 bits per heavy atom. The molecule has 1 aromatic carbocycles. The number of nitrogens with zero attached hydrogens (tertiary/aromatic N) is 1. The fourth-order valence-corrected chi connectivity index (χ4v) is 1.16. The molecule has 0 saturated heterocycles. The molecule has 1 rings (SSSR count). The summed E-state index contributed by atoms with van der Waals surface area (Å²) < 4.78 is 5.11. The minimum atomic E-state index is 0.437. The third kappa shape index (κ3) is 2.95. The molecule has 14 heavy (non-hydrogen) atoms. The van der Waals surface area contributed by atoms with Crippen LogP contribution >= 0.6 is 0 Å². The smallest absolute Gasteiger partial charge is 0.0845 e. The van der Waals surface area contributed by atoms with E-state index < -0.39 is 0 Å². The molecule has 0 aliphatic heterocycles. The lowest BCUT2D eigenvalue weighted by Crippen LogP contribution is -1.86. The summed E-state index contributed by atoms with van der Waals surface area (Å²) in [6.45, 7) is 2.60. The Balaban J connectivity index is 2.79. The summed E-state index contributed by atoms with van der Waals surface area (Å²) in [5.74, 6) is 0. The van der Waals surface area contributed by atoms with Crippen molar-refractivity contribution in [2.24, 2.45) is 0 Å². The van der Waals surface area contributed by atoms with E-state index in [1.807, 2.05) is 37.3 Å². The highest BCUT2D eigenvalue weighted by molar-refractivity contribution is 5.53. The van der Waals surface area contributed by atoms with E-state index in [2.05, 4.69) is 6.07 Å². The van der Waals surface area contributed by atoms with Gasteiger partial charge in [0.1, 0.15) is 0 Å². The van der Waals surface area contributed by atoms with Crippen LogP contribution in [0.3, 0.4) is 0 Å². The van der Waals surface area contributed by atoms with Crippen molar-refractivity contribution in [3.05, 3.63) is 41.7 Å². The van der Waals surface area contributed by atoms with Crippen LogP contribution in [0, 0.1) is 11.3 Å². The van der Waals surface area contributed by atoms with Crippen LogP contribution in [0.4, 0.5) is 0 Å². The molecule has 0 amide bonds. The van der Waals surface area contributed by atoms with E-state index in [4.69, 9.17) is 10.00 Å². The Hall–Kier alpha value is -1.75. The van der Waals surface area contributed by atoms with Crippen molar-refractivity contribution < 1.29 is 4.74 Å². The minimum Gasteiger partial charge on any atom is -0.501 e. The average molecular weight is 187 g/mol. The fraction of sp³-hybridized carbons (Fsp3) is 0.250. The molecule has 0 N–H and O–H groups in total. The van der Waals surface area contributed by atoms with Gasteiger partial charge in [0.15, 0.2) is 0 Å². The number of hydrogen-bond acceptors (Lipinski definition) is 2. The van der Waals surface area contributed by atoms with Crippen molar-refractivity contribution >= 4 is 6.08 Å². The van der Waals surface area contributed by atoms with Crippen molar-refractivity contribution in [1.29, 1.82) is 5.26 Å².